The zero-order valence-corrected chi connectivity index (χ0v) is 12.2. The van der Waals surface area contributed by atoms with Crippen LogP contribution in [-0.2, 0) is 6.42 Å². The average Bonchev–Trinajstić information content (AvgIpc) is 2.35. The van der Waals surface area contributed by atoms with Gasteiger partial charge in [-0.05, 0) is 49.4 Å². The quantitative estimate of drug-likeness (QED) is 0.773. The Morgan fingerprint density at radius 3 is 2.61 bits per heavy atom. The predicted octanol–water partition coefficient (Wildman–Crippen LogP) is 4.44. The molecule has 1 aromatic carbocycles. The minimum Gasteiger partial charge on any atom is -0.314 e. The molecule has 0 aromatic heterocycles. The van der Waals surface area contributed by atoms with Crippen molar-refractivity contribution in [3.63, 3.8) is 0 Å². The van der Waals surface area contributed by atoms with Crippen molar-refractivity contribution in [3.8, 4) is 0 Å². The molecule has 1 N–H and O–H groups in total. The topological polar surface area (TPSA) is 12.0 Å². The third-order valence-corrected chi connectivity index (χ3v) is 3.61. The number of benzene rings is 1. The van der Waals surface area contributed by atoms with Gasteiger partial charge in [-0.1, -0.05) is 38.4 Å². The fourth-order valence-electron chi connectivity index (χ4n) is 2.26. The van der Waals surface area contributed by atoms with E-state index in [9.17, 15) is 4.39 Å². The van der Waals surface area contributed by atoms with E-state index in [1.807, 2.05) is 6.07 Å². The molecule has 0 aliphatic rings. The zero-order valence-electron chi connectivity index (χ0n) is 11.5. The Balaban J connectivity index is 2.61. The van der Waals surface area contributed by atoms with E-state index < -0.39 is 0 Å². The van der Waals surface area contributed by atoms with E-state index in [2.05, 4.69) is 26.1 Å². The highest BCUT2D eigenvalue weighted by atomic mass is 35.5. The van der Waals surface area contributed by atoms with Gasteiger partial charge in [0, 0.05) is 6.04 Å². The van der Waals surface area contributed by atoms with Gasteiger partial charge in [0.15, 0.2) is 0 Å². The Morgan fingerprint density at radius 1 is 1.33 bits per heavy atom. The van der Waals surface area contributed by atoms with Gasteiger partial charge in [-0.2, -0.15) is 0 Å². The van der Waals surface area contributed by atoms with Gasteiger partial charge in [0.25, 0.3) is 0 Å². The van der Waals surface area contributed by atoms with Crippen LogP contribution in [0.3, 0.4) is 0 Å². The molecule has 1 rings (SSSR count). The monoisotopic (exact) mass is 271 g/mol. The van der Waals surface area contributed by atoms with Crippen LogP contribution in [0, 0.1) is 11.7 Å². The van der Waals surface area contributed by atoms with Crippen LogP contribution < -0.4 is 5.32 Å². The summed E-state index contributed by atoms with van der Waals surface area (Å²) in [6, 6.07) is 5.52. The molecular formula is C15H23ClFN. The Morgan fingerprint density at radius 2 is 2.06 bits per heavy atom. The van der Waals surface area contributed by atoms with Crippen LogP contribution in [0.25, 0.3) is 0 Å². The van der Waals surface area contributed by atoms with Crippen LogP contribution in [-0.4, -0.2) is 12.6 Å². The summed E-state index contributed by atoms with van der Waals surface area (Å²) in [5, 5.41) is 3.77. The zero-order chi connectivity index (χ0) is 13.5. The lowest BCUT2D eigenvalue weighted by Crippen LogP contribution is -2.35. The smallest absolute Gasteiger partial charge is 0.141 e. The molecule has 0 aliphatic heterocycles. The maximum absolute atomic E-state index is 13.1. The molecule has 1 aromatic rings. The molecule has 3 heteroatoms. The molecule has 1 nitrogen and oxygen atoms in total. The minimum atomic E-state index is -0.343. The molecular weight excluding hydrogens is 249 g/mol. The Kier molecular flexibility index (Phi) is 6.66. The summed E-state index contributed by atoms with van der Waals surface area (Å²) < 4.78 is 13.1. The molecule has 0 radical (unpaired) electrons. The fourth-order valence-corrected chi connectivity index (χ4v) is 2.46. The van der Waals surface area contributed by atoms with Crippen LogP contribution in [0.1, 0.15) is 39.2 Å². The van der Waals surface area contributed by atoms with E-state index in [1.165, 1.54) is 6.07 Å². The van der Waals surface area contributed by atoms with Gasteiger partial charge < -0.3 is 5.32 Å². The van der Waals surface area contributed by atoms with E-state index in [0.717, 1.165) is 31.4 Å². The highest BCUT2D eigenvalue weighted by Crippen LogP contribution is 2.20. The molecule has 2 unspecified atom stereocenters. The Hall–Kier alpha value is -0.600. The summed E-state index contributed by atoms with van der Waals surface area (Å²) in [7, 11) is 0. The minimum absolute atomic E-state index is 0.217. The third kappa shape index (κ3) is 4.58. The van der Waals surface area contributed by atoms with Crippen molar-refractivity contribution in [2.45, 2.75) is 46.1 Å². The first-order chi connectivity index (χ1) is 8.58. The fraction of sp³-hybridized carbons (Fsp3) is 0.600. The van der Waals surface area contributed by atoms with Gasteiger partial charge in [-0.3, -0.25) is 0 Å². The van der Waals surface area contributed by atoms with Crippen LogP contribution in [0.2, 0.25) is 5.02 Å². The van der Waals surface area contributed by atoms with Gasteiger partial charge in [-0.25, -0.2) is 4.39 Å². The molecule has 2 atom stereocenters. The highest BCUT2D eigenvalue weighted by Gasteiger charge is 2.15. The molecule has 0 fully saturated rings. The number of hydrogen-bond acceptors (Lipinski definition) is 1. The van der Waals surface area contributed by atoms with E-state index in [0.29, 0.717) is 12.0 Å². The van der Waals surface area contributed by atoms with Crippen LogP contribution in [0.4, 0.5) is 4.39 Å². The first kappa shape index (κ1) is 15.5. The first-order valence-corrected chi connectivity index (χ1v) is 7.13. The largest absolute Gasteiger partial charge is 0.314 e. The SMILES string of the molecule is CCCNC(CC)C(C)Cc1ccc(F)c(Cl)c1. The second-order valence-electron chi connectivity index (χ2n) is 4.90. The van der Waals surface area contributed by atoms with Crippen molar-refractivity contribution in [2.24, 2.45) is 5.92 Å². The van der Waals surface area contributed by atoms with E-state index in [4.69, 9.17) is 11.6 Å². The van der Waals surface area contributed by atoms with Gasteiger partial charge in [0.05, 0.1) is 5.02 Å². The van der Waals surface area contributed by atoms with Gasteiger partial charge in [-0.15, -0.1) is 0 Å². The van der Waals surface area contributed by atoms with Gasteiger partial charge in [0.2, 0.25) is 0 Å². The summed E-state index contributed by atoms with van der Waals surface area (Å²) in [6.07, 6.45) is 3.18. The van der Waals surface area contributed by atoms with Gasteiger partial charge in [0.1, 0.15) is 5.82 Å². The van der Waals surface area contributed by atoms with Crippen molar-refractivity contribution < 1.29 is 4.39 Å². The summed E-state index contributed by atoms with van der Waals surface area (Å²) in [5.74, 6) is 0.173. The standard InChI is InChI=1S/C15H23ClFN/c1-4-8-18-15(5-2)11(3)9-12-6-7-14(17)13(16)10-12/h6-7,10-11,15,18H,4-5,8-9H2,1-3H3. The normalized spacial score (nSPS) is 14.5. The Labute approximate surface area is 115 Å². The molecule has 0 bridgehead atoms. The molecule has 102 valence electrons. The summed E-state index contributed by atoms with van der Waals surface area (Å²) in [4.78, 5) is 0. The second kappa shape index (κ2) is 7.75. The van der Waals surface area contributed by atoms with E-state index >= 15 is 0 Å². The van der Waals surface area contributed by atoms with Crippen LogP contribution in [0.5, 0.6) is 0 Å². The lowest BCUT2D eigenvalue weighted by molar-refractivity contribution is 0.364. The predicted molar refractivity (Wildman–Crippen MR) is 76.7 cm³/mol. The second-order valence-corrected chi connectivity index (χ2v) is 5.31. The number of hydrogen-bond donors (Lipinski definition) is 1. The highest BCUT2D eigenvalue weighted by molar-refractivity contribution is 6.30. The lowest BCUT2D eigenvalue weighted by atomic mass is 9.92. The molecule has 0 amide bonds. The summed E-state index contributed by atoms with van der Waals surface area (Å²) in [6.45, 7) is 7.65. The lowest BCUT2D eigenvalue weighted by Gasteiger charge is -2.24. The van der Waals surface area contributed by atoms with Crippen molar-refractivity contribution >= 4 is 11.6 Å². The van der Waals surface area contributed by atoms with Crippen LogP contribution >= 0.6 is 11.6 Å². The molecule has 0 saturated heterocycles. The van der Waals surface area contributed by atoms with Gasteiger partial charge >= 0.3 is 0 Å². The molecule has 0 heterocycles. The van der Waals surface area contributed by atoms with E-state index in [1.54, 1.807) is 6.07 Å². The van der Waals surface area contributed by atoms with Crippen molar-refractivity contribution in [1.29, 1.82) is 0 Å². The number of rotatable bonds is 7. The summed E-state index contributed by atoms with van der Waals surface area (Å²) >= 11 is 5.80. The van der Waals surface area contributed by atoms with Crippen LogP contribution in [0.15, 0.2) is 18.2 Å². The Bertz CT molecular complexity index is 368. The maximum atomic E-state index is 13.1. The van der Waals surface area contributed by atoms with Crippen molar-refractivity contribution in [3.05, 3.63) is 34.6 Å². The maximum Gasteiger partial charge on any atom is 0.141 e. The first-order valence-electron chi connectivity index (χ1n) is 6.75. The molecule has 18 heavy (non-hydrogen) atoms. The number of halogens is 2. The summed E-state index contributed by atoms with van der Waals surface area (Å²) in [5.41, 5.74) is 1.10. The van der Waals surface area contributed by atoms with E-state index in [-0.39, 0.29) is 10.8 Å². The molecule has 0 spiro atoms. The molecule has 0 saturated carbocycles. The third-order valence-electron chi connectivity index (χ3n) is 3.32. The van der Waals surface area contributed by atoms with Crippen molar-refractivity contribution in [2.75, 3.05) is 6.54 Å². The molecule has 0 aliphatic carbocycles. The van der Waals surface area contributed by atoms with Crippen molar-refractivity contribution in [1.82, 2.24) is 5.32 Å². The number of nitrogens with one attached hydrogen (secondary N) is 1. The average molecular weight is 272 g/mol.